The topological polar surface area (TPSA) is 94.2 Å². The lowest BCUT2D eigenvalue weighted by Crippen LogP contribution is -2.37. The number of ether oxygens (including phenoxy) is 3. The molecular weight excluding hydrogens is 396 g/mol. The summed E-state index contributed by atoms with van der Waals surface area (Å²) in [7, 11) is -0.724. The molecule has 2 rings (SSSR count). The number of nitrogens with zero attached hydrogens (tertiary/aromatic N) is 1. The van der Waals surface area contributed by atoms with Gasteiger partial charge in [0.25, 0.3) is 0 Å². The van der Waals surface area contributed by atoms with Gasteiger partial charge >= 0.3 is 0 Å². The van der Waals surface area contributed by atoms with Crippen LogP contribution in [0.4, 0.5) is 11.4 Å². The monoisotopic (exact) mass is 422 g/mol. The van der Waals surface area contributed by atoms with Crippen LogP contribution in [-0.2, 0) is 14.8 Å². The van der Waals surface area contributed by atoms with Crippen LogP contribution in [0.3, 0.4) is 0 Å². The van der Waals surface area contributed by atoms with Crippen molar-refractivity contribution in [1.29, 1.82) is 0 Å². The van der Waals surface area contributed by atoms with Crippen LogP contribution in [0.25, 0.3) is 0 Å². The quantitative estimate of drug-likeness (QED) is 0.668. The number of anilines is 2. The van der Waals surface area contributed by atoms with Gasteiger partial charge < -0.3 is 19.5 Å². The molecule has 0 aliphatic rings. The summed E-state index contributed by atoms with van der Waals surface area (Å²) in [5.74, 6) is 0.966. The van der Waals surface area contributed by atoms with E-state index in [-0.39, 0.29) is 6.10 Å². The maximum atomic E-state index is 12.6. The smallest absolute Gasteiger partial charge is 0.245 e. The summed E-state index contributed by atoms with van der Waals surface area (Å²) in [5, 5.41) is 2.68. The Morgan fingerprint density at radius 3 is 2.38 bits per heavy atom. The lowest BCUT2D eigenvalue weighted by atomic mass is 10.2. The number of benzene rings is 2. The fourth-order valence-corrected chi connectivity index (χ4v) is 3.45. The molecule has 2 aromatic rings. The molecule has 0 saturated carbocycles. The van der Waals surface area contributed by atoms with Crippen molar-refractivity contribution in [2.75, 3.05) is 36.6 Å². The van der Waals surface area contributed by atoms with Gasteiger partial charge in [-0.05, 0) is 38.1 Å². The highest BCUT2D eigenvalue weighted by Gasteiger charge is 2.22. The Morgan fingerprint density at radius 2 is 1.79 bits per heavy atom. The Morgan fingerprint density at radius 1 is 1.07 bits per heavy atom. The van der Waals surface area contributed by atoms with Crippen LogP contribution in [-0.4, -0.2) is 47.4 Å². The van der Waals surface area contributed by atoms with Crippen LogP contribution in [0.1, 0.15) is 13.8 Å². The molecule has 0 atom stereocenters. The zero-order chi connectivity index (χ0) is 21.6. The molecule has 2 aromatic carbocycles. The Hall–Kier alpha value is -2.94. The van der Waals surface area contributed by atoms with Crippen molar-refractivity contribution in [3.05, 3.63) is 42.5 Å². The average Bonchev–Trinajstić information content (AvgIpc) is 2.65. The van der Waals surface area contributed by atoms with E-state index in [1.165, 1.54) is 14.2 Å². The molecule has 0 aliphatic heterocycles. The number of amides is 1. The fraction of sp³-hybridized carbons (Fsp3) is 0.350. The molecule has 0 aliphatic carbocycles. The van der Waals surface area contributed by atoms with E-state index in [0.717, 1.165) is 10.6 Å². The number of sulfonamides is 1. The maximum absolute atomic E-state index is 12.6. The van der Waals surface area contributed by atoms with E-state index >= 15 is 0 Å². The van der Waals surface area contributed by atoms with E-state index in [4.69, 9.17) is 14.2 Å². The van der Waals surface area contributed by atoms with E-state index in [0.29, 0.717) is 28.6 Å². The first-order valence-corrected chi connectivity index (χ1v) is 10.7. The molecule has 0 radical (unpaired) electrons. The number of methoxy groups -OCH3 is 2. The summed E-state index contributed by atoms with van der Waals surface area (Å²) in [4.78, 5) is 12.6. The average molecular weight is 423 g/mol. The van der Waals surface area contributed by atoms with Crippen molar-refractivity contribution in [2.24, 2.45) is 0 Å². The molecule has 0 bridgehead atoms. The zero-order valence-electron chi connectivity index (χ0n) is 17.1. The van der Waals surface area contributed by atoms with Crippen molar-refractivity contribution in [3.63, 3.8) is 0 Å². The van der Waals surface area contributed by atoms with Crippen molar-refractivity contribution >= 4 is 27.3 Å². The highest BCUT2D eigenvalue weighted by molar-refractivity contribution is 7.92. The minimum Gasteiger partial charge on any atom is -0.497 e. The first kappa shape index (κ1) is 22.4. The molecule has 0 spiro atoms. The van der Waals surface area contributed by atoms with Gasteiger partial charge in [-0.1, -0.05) is 6.07 Å². The molecule has 9 heteroatoms. The molecule has 0 fully saturated rings. The zero-order valence-corrected chi connectivity index (χ0v) is 17.9. The van der Waals surface area contributed by atoms with E-state index < -0.39 is 22.5 Å². The molecule has 158 valence electrons. The predicted octanol–water partition coefficient (Wildman–Crippen LogP) is 2.90. The number of rotatable bonds is 9. The predicted molar refractivity (Wildman–Crippen MR) is 113 cm³/mol. The van der Waals surface area contributed by atoms with Crippen LogP contribution >= 0.6 is 0 Å². The molecular formula is C20H26N2O6S. The van der Waals surface area contributed by atoms with Crippen LogP contribution in [0, 0.1) is 0 Å². The standard InChI is InChI=1S/C20H26N2O6S/c1-14(2)28-17-8-6-7-15(11-17)22(29(5,24)25)13-20(23)21-18-10-9-16(26-3)12-19(18)27-4/h6-12,14H,13H2,1-5H3,(H,21,23). The van der Waals surface area contributed by atoms with Gasteiger partial charge in [0.1, 0.15) is 23.8 Å². The first-order valence-electron chi connectivity index (χ1n) is 8.90. The minimum absolute atomic E-state index is 0.0669. The van der Waals surface area contributed by atoms with E-state index in [9.17, 15) is 13.2 Å². The van der Waals surface area contributed by atoms with Crippen LogP contribution < -0.4 is 23.8 Å². The second-order valence-corrected chi connectivity index (χ2v) is 8.45. The van der Waals surface area contributed by atoms with Gasteiger partial charge in [-0.25, -0.2) is 8.42 Å². The Kier molecular flexibility index (Phi) is 7.33. The highest BCUT2D eigenvalue weighted by Crippen LogP contribution is 2.29. The Balaban J connectivity index is 2.25. The number of nitrogens with one attached hydrogen (secondary N) is 1. The highest BCUT2D eigenvalue weighted by atomic mass is 32.2. The summed E-state index contributed by atoms with van der Waals surface area (Å²) < 4.78 is 41.7. The summed E-state index contributed by atoms with van der Waals surface area (Å²) >= 11 is 0. The summed E-state index contributed by atoms with van der Waals surface area (Å²) in [5.41, 5.74) is 0.742. The molecule has 29 heavy (non-hydrogen) atoms. The van der Waals surface area contributed by atoms with Crippen LogP contribution in [0.2, 0.25) is 0 Å². The Labute approximate surface area is 171 Å². The molecule has 0 saturated heterocycles. The maximum Gasteiger partial charge on any atom is 0.245 e. The fourth-order valence-electron chi connectivity index (χ4n) is 2.61. The third-order valence-corrected chi connectivity index (χ3v) is 4.99. The van der Waals surface area contributed by atoms with Gasteiger partial charge in [0.05, 0.1) is 38.0 Å². The first-order chi connectivity index (χ1) is 13.6. The molecule has 0 unspecified atom stereocenters. The van der Waals surface area contributed by atoms with Gasteiger partial charge in [-0.2, -0.15) is 0 Å². The largest absolute Gasteiger partial charge is 0.497 e. The lowest BCUT2D eigenvalue weighted by Gasteiger charge is -2.23. The van der Waals surface area contributed by atoms with Crippen LogP contribution in [0.5, 0.6) is 17.2 Å². The van der Waals surface area contributed by atoms with Gasteiger partial charge in [-0.3, -0.25) is 9.10 Å². The second-order valence-electron chi connectivity index (χ2n) is 6.55. The van der Waals surface area contributed by atoms with Crippen molar-refractivity contribution < 1.29 is 27.4 Å². The lowest BCUT2D eigenvalue weighted by molar-refractivity contribution is -0.114. The van der Waals surface area contributed by atoms with Gasteiger partial charge in [0.15, 0.2) is 0 Å². The van der Waals surface area contributed by atoms with E-state index in [1.54, 1.807) is 42.5 Å². The number of carbonyl (C=O) groups excluding carboxylic acids is 1. The minimum atomic E-state index is -3.71. The van der Waals surface area contributed by atoms with E-state index in [1.807, 2.05) is 13.8 Å². The molecule has 1 N–H and O–H groups in total. The van der Waals surface area contributed by atoms with Crippen molar-refractivity contribution in [1.82, 2.24) is 0 Å². The number of hydrogen-bond acceptors (Lipinski definition) is 6. The van der Waals surface area contributed by atoms with Gasteiger partial charge in [-0.15, -0.1) is 0 Å². The third-order valence-electron chi connectivity index (χ3n) is 3.85. The van der Waals surface area contributed by atoms with Gasteiger partial charge in [0, 0.05) is 12.1 Å². The molecule has 1 amide bonds. The summed E-state index contributed by atoms with van der Waals surface area (Å²) in [6, 6.07) is 11.5. The second kappa shape index (κ2) is 9.51. The molecule has 8 nitrogen and oxygen atoms in total. The van der Waals surface area contributed by atoms with Crippen molar-refractivity contribution in [2.45, 2.75) is 20.0 Å². The summed E-state index contributed by atoms with van der Waals surface area (Å²) in [6.07, 6.45) is 0.979. The SMILES string of the molecule is COc1ccc(NC(=O)CN(c2cccc(OC(C)C)c2)S(C)(=O)=O)c(OC)c1. The Bertz CT molecular complexity index is 959. The molecule has 0 heterocycles. The third kappa shape index (κ3) is 6.28. The van der Waals surface area contributed by atoms with Crippen LogP contribution in [0.15, 0.2) is 42.5 Å². The van der Waals surface area contributed by atoms with E-state index in [2.05, 4.69) is 5.32 Å². The van der Waals surface area contributed by atoms with Crippen molar-refractivity contribution in [3.8, 4) is 17.2 Å². The molecule has 0 aromatic heterocycles. The van der Waals surface area contributed by atoms with Gasteiger partial charge in [0.2, 0.25) is 15.9 Å². The number of carbonyl (C=O) groups is 1. The summed E-state index contributed by atoms with van der Waals surface area (Å²) in [6.45, 7) is 3.34. The normalized spacial score (nSPS) is 11.1. The number of hydrogen-bond donors (Lipinski definition) is 1.